The molecule has 1 aliphatic heterocycles. The van der Waals surface area contributed by atoms with E-state index in [0.29, 0.717) is 12.3 Å². The van der Waals surface area contributed by atoms with E-state index in [0.717, 1.165) is 32.9 Å². The lowest BCUT2D eigenvalue weighted by Gasteiger charge is -2.29. The van der Waals surface area contributed by atoms with Crippen molar-refractivity contribution in [3.05, 3.63) is 81.6 Å². The highest BCUT2D eigenvalue weighted by atomic mass is 79.9. The number of anilines is 1. The largest absolute Gasteiger partial charge is 0.494 e. The normalized spacial score (nSPS) is 15.2. The SMILES string of the molecule is CCOc1ccc(-n2c(C)cc(/C=C3\C(=O)NC(=S)N(c4cccc(Br)c4)C3=O)c2C)cc1. The molecule has 4 rings (SSSR count). The fourth-order valence-electron chi connectivity index (χ4n) is 3.85. The topological polar surface area (TPSA) is 63.6 Å². The average Bonchev–Trinajstić information content (AvgIpc) is 3.05. The number of benzene rings is 2. The molecule has 1 N–H and O–H groups in total. The molecule has 6 nitrogen and oxygen atoms in total. The van der Waals surface area contributed by atoms with Crippen LogP contribution in [0.2, 0.25) is 0 Å². The van der Waals surface area contributed by atoms with Crippen molar-refractivity contribution in [2.45, 2.75) is 20.8 Å². The standard InChI is InChI=1S/C25H22BrN3O3S/c1-4-32-21-10-8-19(9-11-21)28-15(2)12-17(16(28)3)13-22-23(30)27-25(33)29(24(22)31)20-7-5-6-18(26)14-20/h5-14H,4H2,1-3H3,(H,27,30,33)/b22-13+. The first kappa shape index (κ1) is 22.9. The van der Waals surface area contributed by atoms with Gasteiger partial charge in [0, 0.05) is 21.5 Å². The van der Waals surface area contributed by atoms with Crippen molar-refractivity contribution in [3.63, 3.8) is 0 Å². The highest BCUT2D eigenvalue weighted by Gasteiger charge is 2.34. The zero-order valence-corrected chi connectivity index (χ0v) is 20.8. The summed E-state index contributed by atoms with van der Waals surface area (Å²) < 4.78 is 8.41. The average molecular weight is 524 g/mol. The maximum Gasteiger partial charge on any atom is 0.270 e. The van der Waals surface area contributed by atoms with Crippen LogP contribution in [0.15, 0.2) is 64.6 Å². The van der Waals surface area contributed by atoms with Crippen molar-refractivity contribution in [1.82, 2.24) is 9.88 Å². The summed E-state index contributed by atoms with van der Waals surface area (Å²) in [5, 5.41) is 2.69. The summed E-state index contributed by atoms with van der Waals surface area (Å²) in [5.41, 5.74) is 4.23. The summed E-state index contributed by atoms with van der Waals surface area (Å²) in [6.07, 6.45) is 1.62. The first-order valence-corrected chi connectivity index (χ1v) is 11.6. The van der Waals surface area contributed by atoms with Gasteiger partial charge in [0.1, 0.15) is 11.3 Å². The third-order valence-corrected chi connectivity index (χ3v) is 6.12. The van der Waals surface area contributed by atoms with E-state index >= 15 is 0 Å². The Labute approximate surface area is 206 Å². The van der Waals surface area contributed by atoms with Gasteiger partial charge in [-0.25, -0.2) is 0 Å². The summed E-state index contributed by atoms with van der Waals surface area (Å²) in [7, 11) is 0. The van der Waals surface area contributed by atoms with E-state index in [1.807, 2.05) is 57.2 Å². The van der Waals surface area contributed by atoms with Gasteiger partial charge in [0.05, 0.1) is 12.3 Å². The van der Waals surface area contributed by atoms with Crippen molar-refractivity contribution in [2.24, 2.45) is 0 Å². The van der Waals surface area contributed by atoms with Crippen molar-refractivity contribution in [2.75, 3.05) is 11.5 Å². The fraction of sp³-hybridized carbons (Fsp3) is 0.160. The van der Waals surface area contributed by atoms with Crippen LogP contribution in [0.5, 0.6) is 5.75 Å². The Morgan fingerprint density at radius 3 is 2.45 bits per heavy atom. The molecule has 1 aromatic heterocycles. The Kier molecular flexibility index (Phi) is 6.49. The molecule has 0 unspecified atom stereocenters. The molecule has 0 saturated carbocycles. The molecule has 0 bridgehead atoms. The molecule has 168 valence electrons. The number of amides is 2. The molecule has 1 fully saturated rings. The Balaban J connectivity index is 1.72. The molecular weight excluding hydrogens is 502 g/mol. The summed E-state index contributed by atoms with van der Waals surface area (Å²) in [6.45, 7) is 6.49. The Bertz CT molecular complexity index is 1290. The molecule has 0 spiro atoms. The van der Waals surface area contributed by atoms with Crippen LogP contribution < -0.4 is 15.0 Å². The van der Waals surface area contributed by atoms with Gasteiger partial charge in [-0.15, -0.1) is 0 Å². The van der Waals surface area contributed by atoms with Gasteiger partial charge >= 0.3 is 0 Å². The minimum absolute atomic E-state index is 0.0236. The van der Waals surface area contributed by atoms with Gasteiger partial charge in [0.15, 0.2) is 5.11 Å². The van der Waals surface area contributed by atoms with Crippen LogP contribution in [0.3, 0.4) is 0 Å². The van der Waals surface area contributed by atoms with Crippen molar-refractivity contribution in [3.8, 4) is 11.4 Å². The second-order valence-electron chi connectivity index (χ2n) is 7.53. The van der Waals surface area contributed by atoms with Crippen LogP contribution in [0.1, 0.15) is 23.9 Å². The number of ether oxygens (including phenoxy) is 1. The van der Waals surface area contributed by atoms with E-state index in [2.05, 4.69) is 25.8 Å². The third kappa shape index (κ3) is 4.49. The number of hydrogen-bond acceptors (Lipinski definition) is 4. The predicted octanol–water partition coefficient (Wildman–Crippen LogP) is 5.09. The van der Waals surface area contributed by atoms with Crippen LogP contribution >= 0.6 is 28.1 Å². The Hall–Kier alpha value is -3.23. The highest BCUT2D eigenvalue weighted by Crippen LogP contribution is 2.28. The third-order valence-electron chi connectivity index (χ3n) is 5.34. The maximum atomic E-state index is 13.3. The van der Waals surface area contributed by atoms with Gasteiger partial charge in [0.25, 0.3) is 11.8 Å². The smallest absolute Gasteiger partial charge is 0.270 e. The molecule has 0 radical (unpaired) electrons. The minimum atomic E-state index is -0.512. The Morgan fingerprint density at radius 2 is 1.79 bits per heavy atom. The summed E-state index contributed by atoms with van der Waals surface area (Å²) in [5.74, 6) is -0.172. The minimum Gasteiger partial charge on any atom is -0.494 e. The predicted molar refractivity (Wildman–Crippen MR) is 137 cm³/mol. The molecule has 1 aliphatic rings. The van der Waals surface area contributed by atoms with Gasteiger partial charge in [-0.05, 0) is 93.2 Å². The quantitative estimate of drug-likeness (QED) is 0.287. The number of carbonyl (C=O) groups is 2. The molecule has 3 aromatic rings. The summed E-state index contributed by atoms with van der Waals surface area (Å²) in [6, 6.07) is 17.0. The molecule has 2 aromatic carbocycles. The van der Waals surface area contributed by atoms with E-state index in [-0.39, 0.29) is 10.7 Å². The number of thiocarbonyl (C=S) groups is 1. The van der Waals surface area contributed by atoms with Gasteiger partial charge in [0.2, 0.25) is 0 Å². The van der Waals surface area contributed by atoms with Crippen LogP contribution in [0.4, 0.5) is 5.69 Å². The van der Waals surface area contributed by atoms with Crippen LogP contribution in [-0.2, 0) is 9.59 Å². The number of carbonyl (C=O) groups excluding carboxylic acids is 2. The molecule has 1 saturated heterocycles. The molecule has 33 heavy (non-hydrogen) atoms. The van der Waals surface area contributed by atoms with Gasteiger partial charge in [-0.3, -0.25) is 19.8 Å². The van der Waals surface area contributed by atoms with Gasteiger partial charge in [-0.1, -0.05) is 22.0 Å². The zero-order chi connectivity index (χ0) is 23.7. The first-order chi connectivity index (χ1) is 15.8. The summed E-state index contributed by atoms with van der Waals surface area (Å²) in [4.78, 5) is 27.3. The zero-order valence-electron chi connectivity index (χ0n) is 18.4. The van der Waals surface area contributed by atoms with Crippen molar-refractivity contribution >= 4 is 56.8 Å². The van der Waals surface area contributed by atoms with Crippen LogP contribution in [-0.4, -0.2) is 28.1 Å². The second kappa shape index (κ2) is 9.33. The molecule has 2 heterocycles. The van der Waals surface area contributed by atoms with Gasteiger partial charge in [-0.2, -0.15) is 0 Å². The second-order valence-corrected chi connectivity index (χ2v) is 8.83. The van der Waals surface area contributed by atoms with E-state index in [1.165, 1.54) is 4.90 Å². The van der Waals surface area contributed by atoms with E-state index in [9.17, 15) is 9.59 Å². The number of hydrogen-bond donors (Lipinski definition) is 1. The summed E-state index contributed by atoms with van der Waals surface area (Å²) >= 11 is 8.70. The number of aromatic nitrogens is 1. The number of aryl methyl sites for hydroxylation is 1. The monoisotopic (exact) mass is 523 g/mol. The number of halogens is 1. The molecule has 8 heteroatoms. The number of nitrogens with zero attached hydrogens (tertiary/aromatic N) is 2. The fourth-order valence-corrected chi connectivity index (χ4v) is 4.52. The number of nitrogens with one attached hydrogen (secondary N) is 1. The van der Waals surface area contributed by atoms with Crippen LogP contribution in [0, 0.1) is 13.8 Å². The van der Waals surface area contributed by atoms with Gasteiger partial charge < -0.3 is 9.30 Å². The van der Waals surface area contributed by atoms with E-state index in [1.54, 1.807) is 24.3 Å². The van der Waals surface area contributed by atoms with E-state index < -0.39 is 11.8 Å². The lowest BCUT2D eigenvalue weighted by Crippen LogP contribution is -2.54. The van der Waals surface area contributed by atoms with Crippen molar-refractivity contribution < 1.29 is 14.3 Å². The highest BCUT2D eigenvalue weighted by molar-refractivity contribution is 9.10. The maximum absolute atomic E-state index is 13.3. The lowest BCUT2D eigenvalue weighted by molar-refractivity contribution is -0.122. The first-order valence-electron chi connectivity index (χ1n) is 10.4. The molecular formula is C25H22BrN3O3S. The van der Waals surface area contributed by atoms with E-state index in [4.69, 9.17) is 17.0 Å². The van der Waals surface area contributed by atoms with Crippen LogP contribution in [0.25, 0.3) is 11.8 Å². The lowest BCUT2D eigenvalue weighted by atomic mass is 10.1. The molecule has 0 aliphatic carbocycles. The number of rotatable bonds is 5. The molecule has 2 amide bonds. The Morgan fingerprint density at radius 1 is 1.06 bits per heavy atom. The van der Waals surface area contributed by atoms with Crippen molar-refractivity contribution in [1.29, 1.82) is 0 Å². The molecule has 0 atom stereocenters.